The highest BCUT2D eigenvalue weighted by Gasteiger charge is 2.12. The fraction of sp³-hybridized carbons (Fsp3) is 0.529. The summed E-state index contributed by atoms with van der Waals surface area (Å²) in [6.07, 6.45) is 2.66. The average Bonchev–Trinajstić information content (AvgIpc) is 2.44. The van der Waals surface area contributed by atoms with E-state index in [2.05, 4.69) is 6.92 Å². The molecule has 3 nitrogen and oxygen atoms in total. The molecule has 20 heavy (non-hydrogen) atoms. The van der Waals surface area contributed by atoms with Crippen molar-refractivity contribution in [2.24, 2.45) is 0 Å². The van der Waals surface area contributed by atoms with E-state index in [1.54, 1.807) is 11.9 Å². The van der Waals surface area contributed by atoms with Crippen LogP contribution in [0.3, 0.4) is 0 Å². The fourth-order valence-electron chi connectivity index (χ4n) is 1.99. The molecule has 0 heterocycles. The third-order valence-electron chi connectivity index (χ3n) is 3.67. The first-order valence-electron chi connectivity index (χ1n) is 7.30. The van der Waals surface area contributed by atoms with Gasteiger partial charge in [-0.05, 0) is 37.5 Å². The average molecular weight is 275 g/mol. The second-order valence-electron chi connectivity index (χ2n) is 5.39. The first kappa shape index (κ1) is 16.4. The fourth-order valence-corrected chi connectivity index (χ4v) is 1.99. The third kappa shape index (κ3) is 4.80. The number of hydrogen-bond donors (Lipinski definition) is 0. The van der Waals surface area contributed by atoms with Crippen LogP contribution >= 0.6 is 0 Å². The van der Waals surface area contributed by atoms with E-state index in [9.17, 15) is 9.59 Å². The van der Waals surface area contributed by atoms with Gasteiger partial charge in [-0.1, -0.05) is 25.5 Å². The van der Waals surface area contributed by atoms with Crippen molar-refractivity contribution in [1.29, 1.82) is 0 Å². The lowest BCUT2D eigenvalue weighted by Gasteiger charge is -2.16. The van der Waals surface area contributed by atoms with Gasteiger partial charge in [0.15, 0.2) is 5.78 Å². The van der Waals surface area contributed by atoms with Gasteiger partial charge in [0.2, 0.25) is 5.91 Å². The first-order valence-corrected chi connectivity index (χ1v) is 7.30. The third-order valence-corrected chi connectivity index (χ3v) is 3.67. The van der Waals surface area contributed by atoms with Crippen molar-refractivity contribution in [2.75, 3.05) is 13.6 Å². The zero-order valence-electron chi connectivity index (χ0n) is 13.0. The number of amides is 1. The number of hydrogen-bond acceptors (Lipinski definition) is 2. The monoisotopic (exact) mass is 275 g/mol. The van der Waals surface area contributed by atoms with Crippen LogP contribution < -0.4 is 0 Å². The molecule has 0 aromatic heterocycles. The Morgan fingerprint density at radius 3 is 2.40 bits per heavy atom. The lowest BCUT2D eigenvalue weighted by atomic mass is 10.0. The quantitative estimate of drug-likeness (QED) is 0.714. The van der Waals surface area contributed by atoms with Crippen LogP contribution in [0.2, 0.25) is 0 Å². The van der Waals surface area contributed by atoms with E-state index in [1.165, 1.54) is 5.56 Å². The summed E-state index contributed by atoms with van der Waals surface area (Å²) in [6.45, 7) is 6.89. The van der Waals surface area contributed by atoms with Crippen LogP contribution in [0.15, 0.2) is 18.2 Å². The lowest BCUT2D eigenvalue weighted by molar-refractivity contribution is -0.129. The maximum atomic E-state index is 12.1. The van der Waals surface area contributed by atoms with E-state index in [4.69, 9.17) is 0 Å². The zero-order chi connectivity index (χ0) is 15.1. The van der Waals surface area contributed by atoms with Crippen molar-refractivity contribution in [3.05, 3.63) is 34.9 Å². The van der Waals surface area contributed by atoms with Gasteiger partial charge in [0, 0.05) is 32.0 Å². The van der Waals surface area contributed by atoms with Crippen molar-refractivity contribution in [3.63, 3.8) is 0 Å². The van der Waals surface area contributed by atoms with Gasteiger partial charge in [-0.25, -0.2) is 0 Å². The number of unbranched alkanes of at least 4 members (excludes halogenated alkanes) is 1. The van der Waals surface area contributed by atoms with E-state index < -0.39 is 0 Å². The predicted molar refractivity (Wildman–Crippen MR) is 82.0 cm³/mol. The normalized spacial score (nSPS) is 10.4. The summed E-state index contributed by atoms with van der Waals surface area (Å²) >= 11 is 0. The van der Waals surface area contributed by atoms with Crippen LogP contribution in [0, 0.1) is 13.8 Å². The molecule has 0 unspecified atom stereocenters. The number of aryl methyl sites for hydroxylation is 2. The molecule has 0 aliphatic rings. The van der Waals surface area contributed by atoms with Gasteiger partial charge >= 0.3 is 0 Å². The lowest BCUT2D eigenvalue weighted by Crippen LogP contribution is -2.27. The van der Waals surface area contributed by atoms with Crippen LogP contribution in [-0.2, 0) is 4.79 Å². The van der Waals surface area contributed by atoms with Gasteiger partial charge in [-0.3, -0.25) is 9.59 Å². The Hall–Kier alpha value is -1.64. The van der Waals surface area contributed by atoms with Crippen molar-refractivity contribution in [3.8, 4) is 0 Å². The Balaban J connectivity index is 2.50. The Morgan fingerprint density at radius 1 is 1.10 bits per heavy atom. The molecule has 0 aliphatic heterocycles. The van der Waals surface area contributed by atoms with Gasteiger partial charge in [0.25, 0.3) is 0 Å². The van der Waals surface area contributed by atoms with Gasteiger partial charge in [0.1, 0.15) is 0 Å². The minimum absolute atomic E-state index is 0.0466. The predicted octanol–water partition coefficient (Wildman–Crippen LogP) is 3.52. The van der Waals surface area contributed by atoms with E-state index in [0.717, 1.165) is 24.9 Å². The molecule has 0 saturated carbocycles. The van der Waals surface area contributed by atoms with Gasteiger partial charge in [-0.2, -0.15) is 0 Å². The van der Waals surface area contributed by atoms with E-state index in [1.807, 2.05) is 32.0 Å². The standard InChI is InChI=1S/C17H25NO2/c1-5-6-11-18(4)17(20)10-9-16(19)15-8-7-13(2)14(3)12-15/h7-8,12H,5-6,9-11H2,1-4H3. The molecule has 1 rings (SSSR count). The zero-order valence-corrected chi connectivity index (χ0v) is 13.0. The maximum absolute atomic E-state index is 12.1. The van der Waals surface area contributed by atoms with Gasteiger partial charge in [-0.15, -0.1) is 0 Å². The van der Waals surface area contributed by atoms with Crippen LogP contribution in [0.4, 0.5) is 0 Å². The summed E-state index contributed by atoms with van der Waals surface area (Å²) < 4.78 is 0. The highest BCUT2D eigenvalue weighted by molar-refractivity contribution is 5.98. The van der Waals surface area contributed by atoms with Crippen LogP contribution in [0.25, 0.3) is 0 Å². The SMILES string of the molecule is CCCCN(C)C(=O)CCC(=O)c1ccc(C)c(C)c1. The molecule has 0 radical (unpaired) electrons. The topological polar surface area (TPSA) is 37.4 Å². The molecule has 3 heteroatoms. The smallest absolute Gasteiger partial charge is 0.222 e. The van der Waals surface area contributed by atoms with Crippen LogP contribution in [-0.4, -0.2) is 30.2 Å². The van der Waals surface area contributed by atoms with Crippen molar-refractivity contribution >= 4 is 11.7 Å². The number of benzene rings is 1. The molecule has 0 N–H and O–H groups in total. The summed E-state index contributed by atoms with van der Waals surface area (Å²) in [5.41, 5.74) is 3.00. The molecule has 1 aromatic carbocycles. The summed E-state index contributed by atoms with van der Waals surface area (Å²) in [5.74, 6) is 0.0981. The summed E-state index contributed by atoms with van der Waals surface area (Å²) in [7, 11) is 1.80. The molecule has 0 bridgehead atoms. The number of nitrogens with zero attached hydrogens (tertiary/aromatic N) is 1. The Bertz CT molecular complexity index is 480. The number of Topliss-reactive ketones (excluding diaryl/α,β-unsaturated/α-hetero) is 1. The number of carbonyl (C=O) groups is 2. The van der Waals surface area contributed by atoms with Crippen LogP contribution in [0.5, 0.6) is 0 Å². The number of ketones is 1. The van der Waals surface area contributed by atoms with Crippen LogP contribution in [0.1, 0.15) is 54.1 Å². The van der Waals surface area contributed by atoms with Crippen molar-refractivity contribution in [1.82, 2.24) is 4.90 Å². The summed E-state index contributed by atoms with van der Waals surface area (Å²) in [4.78, 5) is 25.7. The van der Waals surface area contributed by atoms with Crippen molar-refractivity contribution < 1.29 is 9.59 Å². The van der Waals surface area contributed by atoms with Crippen molar-refractivity contribution in [2.45, 2.75) is 46.5 Å². The molecular formula is C17H25NO2. The molecular weight excluding hydrogens is 250 g/mol. The first-order chi connectivity index (χ1) is 9.45. The molecule has 1 aromatic rings. The molecule has 0 aliphatic carbocycles. The molecule has 0 spiro atoms. The highest BCUT2D eigenvalue weighted by Crippen LogP contribution is 2.13. The number of rotatable bonds is 7. The second-order valence-corrected chi connectivity index (χ2v) is 5.39. The van der Waals surface area contributed by atoms with Gasteiger partial charge < -0.3 is 4.90 Å². The van der Waals surface area contributed by atoms with E-state index in [-0.39, 0.29) is 18.1 Å². The minimum Gasteiger partial charge on any atom is -0.346 e. The molecule has 0 atom stereocenters. The molecule has 0 fully saturated rings. The Morgan fingerprint density at radius 2 is 1.80 bits per heavy atom. The molecule has 110 valence electrons. The van der Waals surface area contributed by atoms with Gasteiger partial charge in [0.05, 0.1) is 0 Å². The Kier molecular flexibility index (Phi) is 6.43. The highest BCUT2D eigenvalue weighted by atomic mass is 16.2. The molecule has 1 amide bonds. The summed E-state index contributed by atoms with van der Waals surface area (Å²) in [5, 5.41) is 0. The van der Waals surface area contributed by atoms with E-state index >= 15 is 0 Å². The largest absolute Gasteiger partial charge is 0.346 e. The summed E-state index contributed by atoms with van der Waals surface area (Å²) in [6, 6.07) is 5.71. The van der Waals surface area contributed by atoms with E-state index in [0.29, 0.717) is 12.0 Å². The Labute approximate surface area is 122 Å². The second kappa shape index (κ2) is 7.83. The maximum Gasteiger partial charge on any atom is 0.222 e. The molecule has 0 saturated heterocycles. The minimum atomic E-state index is 0.0466. The number of carbonyl (C=O) groups excluding carboxylic acids is 2.